The summed E-state index contributed by atoms with van der Waals surface area (Å²) in [5, 5.41) is 0. The van der Waals surface area contributed by atoms with Crippen molar-refractivity contribution in [1.82, 2.24) is 0 Å². The van der Waals surface area contributed by atoms with Gasteiger partial charge in [0.1, 0.15) is 0 Å². The van der Waals surface area contributed by atoms with Gasteiger partial charge in [0.15, 0.2) is 0 Å². The number of hydrogen-bond acceptors (Lipinski definition) is 0. The third-order valence-electron chi connectivity index (χ3n) is 0. The molecule has 0 heterocycles. The molecular formula is H5MoPSnW. The fourth-order valence-electron chi connectivity index (χ4n) is 0. The molecule has 1 unspecified atom stereocenters. The summed E-state index contributed by atoms with van der Waals surface area (Å²) >= 11 is 0. The molecule has 0 aromatic heterocycles. The van der Waals surface area contributed by atoms with Gasteiger partial charge < -0.3 is 0 Å². The fourth-order valence-corrected chi connectivity index (χ4v) is 0. The van der Waals surface area contributed by atoms with Crippen LogP contribution in [-0.4, -0.2) is 23.9 Å². The van der Waals surface area contributed by atoms with Crippen LogP contribution in [0.1, 0.15) is 0 Å². The topological polar surface area (TPSA) is 0 Å². The molecule has 0 saturated heterocycles. The van der Waals surface area contributed by atoms with Crippen molar-refractivity contribution >= 4 is 33.8 Å². The Morgan fingerprint density at radius 3 is 1.00 bits per heavy atom. The molecule has 0 amide bonds. The zero-order chi connectivity index (χ0) is 0. The first-order valence-electron chi connectivity index (χ1n) is 0. The Bertz CT molecular complexity index is 8.00. The predicted molar refractivity (Wildman–Crippen MR) is 19.6 cm³/mol. The summed E-state index contributed by atoms with van der Waals surface area (Å²) in [6.45, 7) is 0. The molecule has 0 spiro atoms. The minimum atomic E-state index is 0. The van der Waals surface area contributed by atoms with Gasteiger partial charge in [-0.3, -0.25) is 0 Å². The molecule has 26 valence electrons. The van der Waals surface area contributed by atoms with Crippen molar-refractivity contribution in [2.75, 3.05) is 0 Å². The van der Waals surface area contributed by atoms with E-state index in [1.165, 1.54) is 0 Å². The van der Waals surface area contributed by atoms with Crippen LogP contribution in [0.15, 0.2) is 0 Å². The Balaban J connectivity index is 0. The van der Waals surface area contributed by atoms with Gasteiger partial charge in [-0.15, -0.1) is 0 Å². The van der Waals surface area contributed by atoms with Crippen LogP contribution in [0.5, 0.6) is 0 Å². The average Bonchev–Trinajstić information content (AvgIpc) is 0. The van der Waals surface area contributed by atoms with E-state index in [1.807, 2.05) is 0 Å². The molecule has 0 aliphatic carbocycles. The second kappa shape index (κ2) is 17.5. The van der Waals surface area contributed by atoms with Gasteiger partial charge in [0, 0.05) is 42.1 Å². The molecule has 4 heteroatoms. The van der Waals surface area contributed by atoms with Crippen molar-refractivity contribution in [3.63, 3.8) is 0 Å². The molecule has 0 nitrogen and oxygen atoms in total. The van der Waals surface area contributed by atoms with Crippen molar-refractivity contribution in [3.8, 4) is 0 Å². The van der Waals surface area contributed by atoms with E-state index in [1.54, 1.807) is 0 Å². The van der Waals surface area contributed by atoms with Crippen LogP contribution < -0.4 is 0 Å². The third kappa shape index (κ3) is 8.82. The van der Waals surface area contributed by atoms with Crippen LogP contribution in [0.3, 0.4) is 0 Å². The normalized spacial score (nSPS) is 0. The first-order valence-corrected chi connectivity index (χ1v) is 0. The average molecular weight is 435 g/mol. The van der Waals surface area contributed by atoms with Crippen molar-refractivity contribution in [3.05, 3.63) is 0 Å². The van der Waals surface area contributed by atoms with Crippen molar-refractivity contribution in [2.24, 2.45) is 0 Å². The van der Waals surface area contributed by atoms with Crippen molar-refractivity contribution in [1.29, 1.82) is 0 Å². The van der Waals surface area contributed by atoms with Crippen LogP contribution in [0.25, 0.3) is 0 Å². The number of rotatable bonds is 0. The van der Waals surface area contributed by atoms with Gasteiger partial charge >= 0.3 is 23.9 Å². The molecule has 2 radical (unpaired) electrons. The monoisotopic (exact) mass is 438 g/mol. The summed E-state index contributed by atoms with van der Waals surface area (Å²) in [4.78, 5) is 0. The third-order valence-corrected chi connectivity index (χ3v) is 0. The summed E-state index contributed by atoms with van der Waals surface area (Å²) in [6, 6.07) is 0. The van der Waals surface area contributed by atoms with Gasteiger partial charge in [0.2, 0.25) is 0 Å². The molecule has 0 rings (SSSR count). The molecular weight excluding hydrogens is 429 g/mol. The molecule has 0 aromatic carbocycles. The van der Waals surface area contributed by atoms with Gasteiger partial charge in [-0.2, -0.15) is 9.90 Å². The zero-order valence-electron chi connectivity index (χ0n) is 2.23. The summed E-state index contributed by atoms with van der Waals surface area (Å²) in [7, 11) is 0. The van der Waals surface area contributed by atoms with Crippen LogP contribution in [0.2, 0.25) is 0 Å². The maximum absolute atomic E-state index is 0. The van der Waals surface area contributed by atoms with Gasteiger partial charge in [-0.1, -0.05) is 0 Å². The van der Waals surface area contributed by atoms with Crippen LogP contribution in [0.4, 0.5) is 0 Å². The van der Waals surface area contributed by atoms with Crippen LogP contribution in [0, 0.1) is 0 Å². The van der Waals surface area contributed by atoms with Gasteiger partial charge in [0.05, 0.1) is 0 Å². The standard InChI is InChI=1S/Mo.H3P.Sn.W.2H/h;1H3;;;;. The minimum Gasteiger partial charge on any atom is 0 e. The summed E-state index contributed by atoms with van der Waals surface area (Å²) in [6.07, 6.45) is 0. The Labute approximate surface area is 75.0 Å². The minimum absolute atomic E-state index is 0. The molecule has 0 bridgehead atoms. The SMILES string of the molecule is P.[Mo].[SnH2].[W]. The maximum atomic E-state index is 0. The Morgan fingerprint density at radius 1 is 1.00 bits per heavy atom. The number of hydrogen-bond donors (Lipinski definition) is 0. The van der Waals surface area contributed by atoms with Gasteiger partial charge in [0.25, 0.3) is 0 Å². The fraction of sp³-hybridized carbons (Fsp3) is 0. The molecule has 0 aliphatic heterocycles. The Morgan fingerprint density at radius 2 is 1.00 bits per heavy atom. The van der Waals surface area contributed by atoms with E-state index in [-0.39, 0.29) is 75.9 Å². The Hall–Kier alpha value is 2.61. The van der Waals surface area contributed by atoms with E-state index in [9.17, 15) is 0 Å². The summed E-state index contributed by atoms with van der Waals surface area (Å²) < 4.78 is 0. The van der Waals surface area contributed by atoms with Gasteiger partial charge in [-0.25, -0.2) is 0 Å². The van der Waals surface area contributed by atoms with E-state index < -0.39 is 0 Å². The molecule has 0 aromatic rings. The Kier molecular flexibility index (Phi) is 134. The van der Waals surface area contributed by atoms with Crippen LogP contribution in [-0.2, 0) is 42.1 Å². The first kappa shape index (κ1) is 30.6. The molecule has 0 saturated carbocycles. The van der Waals surface area contributed by atoms with E-state index in [4.69, 9.17) is 0 Å². The molecule has 1 atom stereocenters. The van der Waals surface area contributed by atoms with Crippen molar-refractivity contribution < 1.29 is 42.1 Å². The predicted octanol–water partition coefficient (Wildman–Crippen LogP) is -0.863. The molecule has 0 N–H and O–H groups in total. The quantitative estimate of drug-likeness (QED) is 0.344. The second-order valence-corrected chi connectivity index (χ2v) is 0. The summed E-state index contributed by atoms with van der Waals surface area (Å²) in [5.41, 5.74) is 0. The van der Waals surface area contributed by atoms with E-state index >= 15 is 0 Å². The van der Waals surface area contributed by atoms with E-state index in [0.29, 0.717) is 0 Å². The first-order chi connectivity index (χ1) is 0. The van der Waals surface area contributed by atoms with Crippen LogP contribution >= 0.6 is 9.90 Å². The smallest absolute Gasteiger partial charge is 0 e. The second-order valence-electron chi connectivity index (χ2n) is 0. The largest absolute Gasteiger partial charge is 0 e. The van der Waals surface area contributed by atoms with E-state index in [0.717, 1.165) is 0 Å². The van der Waals surface area contributed by atoms with E-state index in [2.05, 4.69) is 0 Å². The maximum Gasteiger partial charge on any atom is 0 e. The zero-order valence-corrected chi connectivity index (χ0v) is 12.6. The van der Waals surface area contributed by atoms with Gasteiger partial charge in [-0.05, 0) is 0 Å². The molecule has 0 aliphatic rings. The summed E-state index contributed by atoms with van der Waals surface area (Å²) in [5.74, 6) is 0. The van der Waals surface area contributed by atoms with Crippen molar-refractivity contribution in [2.45, 2.75) is 0 Å². The molecule has 4 heavy (non-hydrogen) atoms. The molecule has 0 fully saturated rings.